The molecule has 0 saturated carbocycles. The Morgan fingerprint density at radius 1 is 1.00 bits per heavy atom. The van der Waals surface area contributed by atoms with E-state index in [9.17, 15) is 0 Å². The molecule has 1 aliphatic carbocycles. The second-order valence-electron chi connectivity index (χ2n) is 7.20. The van der Waals surface area contributed by atoms with Gasteiger partial charge in [-0.1, -0.05) is 18.2 Å². The number of fused-ring (bicyclic) bond motifs is 1. The van der Waals surface area contributed by atoms with Gasteiger partial charge in [0.15, 0.2) is 0 Å². The fraction of sp³-hybridized carbons (Fsp3) is 0.550. The summed E-state index contributed by atoms with van der Waals surface area (Å²) in [7, 11) is 2.07. The second kappa shape index (κ2) is 7.48. The fourth-order valence-corrected chi connectivity index (χ4v) is 4.10. The van der Waals surface area contributed by atoms with Gasteiger partial charge in [-0.3, -0.25) is 9.58 Å². The summed E-state index contributed by atoms with van der Waals surface area (Å²) in [5, 5.41) is 8.35. The van der Waals surface area contributed by atoms with Gasteiger partial charge in [0.25, 0.3) is 0 Å². The Morgan fingerprint density at radius 2 is 1.76 bits per heavy atom. The minimum atomic E-state index is 0.997. The summed E-state index contributed by atoms with van der Waals surface area (Å²) in [6.45, 7) is 6.61. The molecule has 1 N–H and O–H groups in total. The number of aromatic nitrogens is 2. The standard InChI is InChI=1S/C20H29N5/c1-23-20(18-9-5-6-10-19(18)22-23)21-11-12-24-13-15-25(16-14-24)17-7-3-2-4-8-17/h2-4,7-8,21H,5-6,9-16H2,1H3. The Bertz CT molecular complexity index is 686. The first-order valence-corrected chi connectivity index (χ1v) is 9.62. The van der Waals surface area contributed by atoms with Gasteiger partial charge in [0.2, 0.25) is 0 Å². The van der Waals surface area contributed by atoms with Crippen molar-refractivity contribution >= 4 is 11.5 Å². The van der Waals surface area contributed by atoms with Crippen LogP contribution in [0.3, 0.4) is 0 Å². The maximum atomic E-state index is 4.69. The summed E-state index contributed by atoms with van der Waals surface area (Å²) in [4.78, 5) is 5.05. The van der Waals surface area contributed by atoms with Gasteiger partial charge in [-0.05, 0) is 37.8 Å². The van der Waals surface area contributed by atoms with E-state index in [1.807, 2.05) is 4.68 Å². The summed E-state index contributed by atoms with van der Waals surface area (Å²) in [6, 6.07) is 10.8. The van der Waals surface area contributed by atoms with Crippen molar-refractivity contribution in [3.05, 3.63) is 41.6 Å². The highest BCUT2D eigenvalue weighted by molar-refractivity contribution is 5.49. The van der Waals surface area contributed by atoms with Crippen molar-refractivity contribution in [1.82, 2.24) is 14.7 Å². The molecule has 0 bridgehead atoms. The molecule has 0 amide bonds. The number of hydrogen-bond donors (Lipinski definition) is 1. The molecule has 0 spiro atoms. The molecule has 25 heavy (non-hydrogen) atoms. The molecule has 0 radical (unpaired) electrons. The highest BCUT2D eigenvalue weighted by Gasteiger charge is 2.20. The van der Waals surface area contributed by atoms with E-state index >= 15 is 0 Å². The normalized spacial score (nSPS) is 18.2. The molecule has 2 aliphatic rings. The number of benzene rings is 1. The third-order valence-electron chi connectivity index (χ3n) is 5.53. The van der Waals surface area contributed by atoms with Crippen LogP contribution in [0, 0.1) is 0 Å². The predicted molar refractivity (Wildman–Crippen MR) is 103 cm³/mol. The molecule has 4 rings (SSSR count). The van der Waals surface area contributed by atoms with Gasteiger partial charge in [-0.2, -0.15) is 5.10 Å². The maximum absolute atomic E-state index is 4.69. The van der Waals surface area contributed by atoms with Crippen LogP contribution >= 0.6 is 0 Å². The zero-order chi connectivity index (χ0) is 17.1. The smallest absolute Gasteiger partial charge is 0.127 e. The van der Waals surface area contributed by atoms with Crippen LogP contribution in [0.2, 0.25) is 0 Å². The van der Waals surface area contributed by atoms with Crippen molar-refractivity contribution in [1.29, 1.82) is 0 Å². The largest absolute Gasteiger partial charge is 0.369 e. The van der Waals surface area contributed by atoms with Crippen molar-refractivity contribution in [3.63, 3.8) is 0 Å². The Hall–Kier alpha value is -2.01. The van der Waals surface area contributed by atoms with Crippen LogP contribution in [-0.4, -0.2) is 53.9 Å². The number of nitrogens with zero attached hydrogens (tertiary/aromatic N) is 4. The molecule has 2 heterocycles. The number of hydrogen-bond acceptors (Lipinski definition) is 4. The van der Waals surface area contributed by atoms with E-state index in [0.29, 0.717) is 0 Å². The van der Waals surface area contributed by atoms with Crippen LogP contribution in [0.4, 0.5) is 11.5 Å². The molecule has 5 heteroatoms. The molecule has 2 aromatic rings. The molecule has 1 aromatic heterocycles. The summed E-state index contributed by atoms with van der Waals surface area (Å²) in [5.74, 6) is 1.25. The van der Waals surface area contributed by atoms with E-state index in [4.69, 9.17) is 5.10 Å². The summed E-state index contributed by atoms with van der Waals surface area (Å²) in [6.07, 6.45) is 4.91. The van der Waals surface area contributed by atoms with E-state index in [0.717, 1.165) is 45.7 Å². The third-order valence-corrected chi connectivity index (χ3v) is 5.53. The van der Waals surface area contributed by atoms with Gasteiger partial charge in [-0.15, -0.1) is 0 Å². The molecule has 5 nitrogen and oxygen atoms in total. The van der Waals surface area contributed by atoms with Gasteiger partial charge >= 0.3 is 0 Å². The Morgan fingerprint density at radius 3 is 2.56 bits per heavy atom. The lowest BCUT2D eigenvalue weighted by Crippen LogP contribution is -2.47. The van der Waals surface area contributed by atoms with E-state index in [2.05, 4.69) is 52.5 Å². The van der Waals surface area contributed by atoms with Crippen LogP contribution in [0.1, 0.15) is 24.1 Å². The average Bonchev–Trinajstić information content (AvgIpc) is 2.99. The minimum Gasteiger partial charge on any atom is -0.369 e. The quantitative estimate of drug-likeness (QED) is 0.908. The maximum Gasteiger partial charge on any atom is 0.127 e. The number of anilines is 2. The average molecular weight is 339 g/mol. The Kier molecular flexibility index (Phi) is 4.92. The van der Waals surface area contributed by atoms with Crippen molar-refractivity contribution < 1.29 is 0 Å². The Labute approximate surface area is 150 Å². The lowest BCUT2D eigenvalue weighted by atomic mass is 9.97. The van der Waals surface area contributed by atoms with Crippen LogP contribution in [-0.2, 0) is 19.9 Å². The molecular formula is C20H29N5. The SMILES string of the molecule is Cn1nc2c(c1NCCN1CCN(c3ccccc3)CC1)CCCC2. The van der Waals surface area contributed by atoms with Crippen LogP contribution in [0.25, 0.3) is 0 Å². The van der Waals surface area contributed by atoms with Crippen molar-refractivity contribution in [2.75, 3.05) is 49.5 Å². The molecule has 134 valence electrons. The van der Waals surface area contributed by atoms with E-state index < -0.39 is 0 Å². The topological polar surface area (TPSA) is 36.3 Å². The highest BCUT2D eigenvalue weighted by atomic mass is 15.3. The monoisotopic (exact) mass is 339 g/mol. The first-order chi connectivity index (χ1) is 12.3. The lowest BCUT2D eigenvalue weighted by molar-refractivity contribution is 0.267. The molecule has 1 fully saturated rings. The zero-order valence-electron chi connectivity index (χ0n) is 15.2. The molecule has 0 atom stereocenters. The van der Waals surface area contributed by atoms with Crippen molar-refractivity contribution in [2.45, 2.75) is 25.7 Å². The number of aryl methyl sites for hydroxylation is 2. The second-order valence-corrected chi connectivity index (χ2v) is 7.20. The summed E-state index contributed by atoms with van der Waals surface area (Å²) >= 11 is 0. The highest BCUT2D eigenvalue weighted by Crippen LogP contribution is 2.27. The predicted octanol–water partition coefficient (Wildman–Crippen LogP) is 2.53. The zero-order valence-corrected chi connectivity index (χ0v) is 15.2. The van der Waals surface area contributed by atoms with E-state index in [1.54, 1.807) is 0 Å². The van der Waals surface area contributed by atoms with Crippen LogP contribution < -0.4 is 10.2 Å². The molecule has 1 saturated heterocycles. The lowest BCUT2D eigenvalue weighted by Gasteiger charge is -2.36. The Balaban J connectivity index is 1.26. The number of rotatable bonds is 5. The van der Waals surface area contributed by atoms with Crippen molar-refractivity contribution in [3.8, 4) is 0 Å². The number of nitrogens with one attached hydrogen (secondary N) is 1. The summed E-state index contributed by atoms with van der Waals surface area (Å²) in [5.41, 5.74) is 4.12. The minimum absolute atomic E-state index is 0.997. The van der Waals surface area contributed by atoms with Gasteiger partial charge in [0.1, 0.15) is 5.82 Å². The summed E-state index contributed by atoms with van der Waals surface area (Å²) < 4.78 is 2.04. The van der Waals surface area contributed by atoms with Gasteiger partial charge in [-0.25, -0.2) is 0 Å². The van der Waals surface area contributed by atoms with Gasteiger partial charge < -0.3 is 10.2 Å². The number of piperazine rings is 1. The van der Waals surface area contributed by atoms with Gasteiger partial charge in [0, 0.05) is 57.6 Å². The molecule has 1 aliphatic heterocycles. The van der Waals surface area contributed by atoms with E-state index in [1.165, 1.54) is 42.0 Å². The third kappa shape index (κ3) is 3.66. The van der Waals surface area contributed by atoms with Crippen molar-refractivity contribution in [2.24, 2.45) is 7.05 Å². The first-order valence-electron chi connectivity index (χ1n) is 9.62. The molecule has 0 unspecified atom stereocenters. The first kappa shape index (κ1) is 16.5. The fourth-order valence-electron chi connectivity index (χ4n) is 4.10. The number of para-hydroxylation sites is 1. The van der Waals surface area contributed by atoms with E-state index in [-0.39, 0.29) is 0 Å². The van der Waals surface area contributed by atoms with Crippen LogP contribution in [0.15, 0.2) is 30.3 Å². The molecule has 1 aromatic carbocycles. The van der Waals surface area contributed by atoms with Crippen LogP contribution in [0.5, 0.6) is 0 Å². The van der Waals surface area contributed by atoms with Gasteiger partial charge in [0.05, 0.1) is 5.69 Å². The molecular weight excluding hydrogens is 310 g/mol.